The molecule has 0 bridgehead atoms. The van der Waals surface area contributed by atoms with Gasteiger partial charge in [0.05, 0.1) is 23.4 Å². The van der Waals surface area contributed by atoms with Crippen molar-refractivity contribution in [1.29, 1.82) is 0 Å². The number of fused-ring (bicyclic) bond motifs is 1. The molecular formula is C13H16N4O3. The van der Waals surface area contributed by atoms with Crippen LogP contribution in [0.1, 0.15) is 23.2 Å². The summed E-state index contributed by atoms with van der Waals surface area (Å²) in [6.07, 6.45) is 4.16. The van der Waals surface area contributed by atoms with Crippen molar-refractivity contribution in [2.75, 3.05) is 18.0 Å². The lowest BCUT2D eigenvalue weighted by molar-refractivity contribution is 0.0696. The molecular weight excluding hydrogens is 260 g/mol. The molecule has 2 aromatic heterocycles. The van der Waals surface area contributed by atoms with E-state index >= 15 is 0 Å². The predicted molar refractivity (Wildman–Crippen MR) is 72.9 cm³/mol. The molecule has 1 unspecified atom stereocenters. The molecule has 1 saturated heterocycles. The average Bonchev–Trinajstić information content (AvgIpc) is 2.79. The lowest BCUT2D eigenvalue weighted by atomic mass is 10.0. The van der Waals surface area contributed by atoms with Gasteiger partial charge in [0.25, 0.3) is 0 Å². The third-order valence-corrected chi connectivity index (χ3v) is 3.68. The minimum atomic E-state index is -1.02. The third-order valence-electron chi connectivity index (χ3n) is 3.68. The van der Waals surface area contributed by atoms with Crippen LogP contribution < -0.4 is 4.90 Å². The summed E-state index contributed by atoms with van der Waals surface area (Å²) in [5.41, 5.74) is 1.40. The zero-order valence-corrected chi connectivity index (χ0v) is 11.2. The summed E-state index contributed by atoms with van der Waals surface area (Å²) in [4.78, 5) is 17.5. The van der Waals surface area contributed by atoms with Gasteiger partial charge in [-0.05, 0) is 12.8 Å². The predicted octanol–water partition coefficient (Wildman–Crippen LogP) is 0.628. The topological polar surface area (TPSA) is 91.5 Å². The van der Waals surface area contributed by atoms with Crippen LogP contribution in [0.2, 0.25) is 0 Å². The van der Waals surface area contributed by atoms with Crippen LogP contribution in [0, 0.1) is 0 Å². The SMILES string of the molecule is Cn1ncc2c(N3CCCC(O)C3)c(C(=O)O)cnc21. The number of aromatic carboxylic acids is 1. The van der Waals surface area contributed by atoms with Crippen LogP contribution in [0.15, 0.2) is 12.4 Å². The fourth-order valence-corrected chi connectivity index (χ4v) is 2.74. The Hall–Kier alpha value is -2.15. The summed E-state index contributed by atoms with van der Waals surface area (Å²) >= 11 is 0. The van der Waals surface area contributed by atoms with Crippen molar-refractivity contribution >= 4 is 22.7 Å². The Kier molecular flexibility index (Phi) is 3.06. The number of carboxylic acids is 1. The molecule has 3 rings (SSSR count). The summed E-state index contributed by atoms with van der Waals surface area (Å²) in [5.74, 6) is -1.02. The highest BCUT2D eigenvalue weighted by Crippen LogP contribution is 2.31. The Morgan fingerprint density at radius 1 is 1.45 bits per heavy atom. The number of pyridine rings is 1. The van der Waals surface area contributed by atoms with Gasteiger partial charge in [0, 0.05) is 26.3 Å². The molecule has 20 heavy (non-hydrogen) atoms. The van der Waals surface area contributed by atoms with Gasteiger partial charge in [-0.25, -0.2) is 9.78 Å². The quantitative estimate of drug-likeness (QED) is 0.836. The molecule has 0 aromatic carbocycles. The van der Waals surface area contributed by atoms with E-state index in [0.717, 1.165) is 19.4 Å². The smallest absolute Gasteiger partial charge is 0.339 e. The highest BCUT2D eigenvalue weighted by molar-refractivity contribution is 6.03. The summed E-state index contributed by atoms with van der Waals surface area (Å²) in [6.45, 7) is 1.17. The van der Waals surface area contributed by atoms with E-state index in [1.165, 1.54) is 6.20 Å². The van der Waals surface area contributed by atoms with E-state index in [9.17, 15) is 15.0 Å². The average molecular weight is 276 g/mol. The van der Waals surface area contributed by atoms with Gasteiger partial charge in [0.15, 0.2) is 5.65 Å². The van der Waals surface area contributed by atoms with Gasteiger partial charge in [-0.15, -0.1) is 0 Å². The van der Waals surface area contributed by atoms with Crippen molar-refractivity contribution in [2.24, 2.45) is 7.05 Å². The molecule has 1 aliphatic heterocycles. The number of piperidine rings is 1. The van der Waals surface area contributed by atoms with Crippen LogP contribution in [-0.2, 0) is 7.05 Å². The van der Waals surface area contributed by atoms with E-state index < -0.39 is 12.1 Å². The molecule has 1 fully saturated rings. The largest absolute Gasteiger partial charge is 0.478 e. The molecule has 7 heteroatoms. The third kappa shape index (κ3) is 2.00. The second-order valence-electron chi connectivity index (χ2n) is 5.07. The molecule has 3 heterocycles. The van der Waals surface area contributed by atoms with Crippen LogP contribution in [0.3, 0.4) is 0 Å². The number of anilines is 1. The van der Waals surface area contributed by atoms with Gasteiger partial charge < -0.3 is 15.1 Å². The van der Waals surface area contributed by atoms with Crippen LogP contribution in [-0.4, -0.2) is 50.1 Å². The minimum absolute atomic E-state index is 0.152. The molecule has 0 spiro atoms. The van der Waals surface area contributed by atoms with Crippen LogP contribution in [0.25, 0.3) is 11.0 Å². The van der Waals surface area contributed by atoms with Crippen molar-refractivity contribution in [3.63, 3.8) is 0 Å². The van der Waals surface area contributed by atoms with Crippen molar-refractivity contribution < 1.29 is 15.0 Å². The van der Waals surface area contributed by atoms with Crippen molar-refractivity contribution in [1.82, 2.24) is 14.8 Å². The normalized spacial score (nSPS) is 19.5. The van der Waals surface area contributed by atoms with Crippen LogP contribution in [0.5, 0.6) is 0 Å². The number of hydrogen-bond acceptors (Lipinski definition) is 5. The van der Waals surface area contributed by atoms with E-state index in [-0.39, 0.29) is 5.56 Å². The first-order chi connectivity index (χ1) is 9.58. The number of carbonyl (C=O) groups is 1. The summed E-state index contributed by atoms with van der Waals surface area (Å²) < 4.78 is 1.62. The maximum atomic E-state index is 11.4. The zero-order chi connectivity index (χ0) is 14.3. The Morgan fingerprint density at radius 2 is 2.25 bits per heavy atom. The number of nitrogens with zero attached hydrogens (tertiary/aromatic N) is 4. The molecule has 7 nitrogen and oxygen atoms in total. The second kappa shape index (κ2) is 4.75. The zero-order valence-electron chi connectivity index (χ0n) is 11.2. The van der Waals surface area contributed by atoms with Gasteiger partial charge in [-0.3, -0.25) is 4.68 Å². The fourth-order valence-electron chi connectivity index (χ4n) is 2.74. The maximum Gasteiger partial charge on any atom is 0.339 e. The number of aryl methyl sites for hydroxylation is 1. The highest BCUT2D eigenvalue weighted by Gasteiger charge is 2.25. The molecule has 2 aromatic rings. The molecule has 1 atom stereocenters. The minimum Gasteiger partial charge on any atom is -0.478 e. The van der Waals surface area contributed by atoms with Gasteiger partial charge in [0.2, 0.25) is 0 Å². The first-order valence-electron chi connectivity index (χ1n) is 6.55. The number of carboxylic acid groups (broad SMARTS) is 1. The van der Waals surface area contributed by atoms with Gasteiger partial charge in [0.1, 0.15) is 5.56 Å². The summed E-state index contributed by atoms with van der Waals surface area (Å²) in [7, 11) is 1.77. The molecule has 106 valence electrons. The van der Waals surface area contributed by atoms with Crippen molar-refractivity contribution in [2.45, 2.75) is 18.9 Å². The van der Waals surface area contributed by atoms with Crippen LogP contribution >= 0.6 is 0 Å². The first kappa shape index (κ1) is 12.9. The number of β-amino-alcohol motifs (C(OH)–C–C–N with tert-alkyl or cyclic N) is 1. The molecule has 0 saturated carbocycles. The molecule has 1 aliphatic rings. The Bertz CT molecular complexity index is 667. The second-order valence-corrected chi connectivity index (χ2v) is 5.07. The van der Waals surface area contributed by atoms with Crippen molar-refractivity contribution in [3.8, 4) is 0 Å². The molecule has 2 N–H and O–H groups in total. The Morgan fingerprint density at radius 3 is 2.95 bits per heavy atom. The van der Waals surface area contributed by atoms with Crippen LogP contribution in [0.4, 0.5) is 5.69 Å². The lowest BCUT2D eigenvalue weighted by Gasteiger charge is -2.33. The fraction of sp³-hybridized carbons (Fsp3) is 0.462. The molecule has 0 aliphatic carbocycles. The summed E-state index contributed by atoms with van der Waals surface area (Å²) in [6, 6.07) is 0. The lowest BCUT2D eigenvalue weighted by Crippen LogP contribution is -2.39. The molecule has 0 amide bonds. The first-order valence-corrected chi connectivity index (χ1v) is 6.55. The van der Waals surface area contributed by atoms with E-state index in [2.05, 4.69) is 10.1 Å². The molecule has 0 radical (unpaired) electrons. The number of rotatable bonds is 2. The van der Waals surface area contributed by atoms with Gasteiger partial charge in [-0.2, -0.15) is 5.10 Å². The number of aromatic nitrogens is 3. The van der Waals surface area contributed by atoms with E-state index in [0.29, 0.717) is 23.3 Å². The Balaban J connectivity index is 2.19. The number of aliphatic hydroxyl groups excluding tert-OH is 1. The van der Waals surface area contributed by atoms with Gasteiger partial charge >= 0.3 is 5.97 Å². The number of aliphatic hydroxyl groups is 1. The van der Waals surface area contributed by atoms with Gasteiger partial charge in [-0.1, -0.05) is 0 Å². The van der Waals surface area contributed by atoms with E-state index in [1.807, 2.05) is 4.90 Å². The number of hydrogen-bond donors (Lipinski definition) is 2. The Labute approximate surface area is 115 Å². The summed E-state index contributed by atoms with van der Waals surface area (Å²) in [5, 5.41) is 24.0. The van der Waals surface area contributed by atoms with Crippen molar-refractivity contribution in [3.05, 3.63) is 18.0 Å². The van der Waals surface area contributed by atoms with E-state index in [1.54, 1.807) is 17.9 Å². The standard InChI is InChI=1S/C13H16N4O3/c1-16-12-9(6-15-16)11(10(5-14-12)13(19)20)17-4-2-3-8(18)7-17/h5-6,8,18H,2-4,7H2,1H3,(H,19,20). The maximum absolute atomic E-state index is 11.4. The highest BCUT2D eigenvalue weighted by atomic mass is 16.4. The van der Waals surface area contributed by atoms with E-state index in [4.69, 9.17) is 0 Å². The monoisotopic (exact) mass is 276 g/mol.